The molecule has 1 aromatic heterocycles. The van der Waals surface area contributed by atoms with Crippen LogP contribution in [-0.2, 0) is 35.3 Å². The van der Waals surface area contributed by atoms with Crippen molar-refractivity contribution in [1.82, 2.24) is 20.2 Å². The smallest absolute Gasteiger partial charge is 0.333 e. The Morgan fingerprint density at radius 2 is 1.55 bits per heavy atom. The van der Waals surface area contributed by atoms with Crippen molar-refractivity contribution in [2.45, 2.75) is 86.0 Å². The van der Waals surface area contributed by atoms with Crippen LogP contribution in [-0.4, -0.2) is 57.9 Å². The number of fused-ring (bicyclic) bond motifs is 1. The fourth-order valence-corrected chi connectivity index (χ4v) is 5.10. The van der Waals surface area contributed by atoms with E-state index in [1.165, 1.54) is 6.92 Å². The predicted molar refractivity (Wildman–Crippen MR) is 191 cm³/mol. The molecule has 49 heavy (non-hydrogen) atoms. The highest BCUT2D eigenvalue weighted by molar-refractivity contribution is 5.94. The average molecular weight is 671 g/mol. The number of hydrogen-bond acceptors (Lipinski definition) is 7. The van der Waals surface area contributed by atoms with Crippen LogP contribution in [0, 0.1) is 12.3 Å². The number of amides is 2. The lowest BCUT2D eigenvalue weighted by atomic mass is 9.91. The van der Waals surface area contributed by atoms with Gasteiger partial charge in [0.05, 0.1) is 31.8 Å². The van der Waals surface area contributed by atoms with E-state index in [0.29, 0.717) is 19.6 Å². The summed E-state index contributed by atoms with van der Waals surface area (Å²) in [4.78, 5) is 53.4. The first-order chi connectivity index (χ1) is 23.1. The maximum Gasteiger partial charge on any atom is 0.333 e. The largest absolute Gasteiger partial charge is 0.464 e. The minimum atomic E-state index is -1.13. The van der Waals surface area contributed by atoms with Gasteiger partial charge in [-0.2, -0.15) is 0 Å². The molecule has 0 aliphatic heterocycles. The van der Waals surface area contributed by atoms with Crippen LogP contribution in [0.3, 0.4) is 0 Å². The Bertz CT molecular complexity index is 1700. The van der Waals surface area contributed by atoms with Gasteiger partial charge in [0, 0.05) is 12.6 Å². The van der Waals surface area contributed by atoms with Crippen LogP contribution in [0.4, 0.5) is 0 Å². The quantitative estimate of drug-likeness (QED) is 0.164. The van der Waals surface area contributed by atoms with E-state index >= 15 is 0 Å². The number of benzene rings is 3. The van der Waals surface area contributed by atoms with Gasteiger partial charge in [0.2, 0.25) is 11.8 Å². The Morgan fingerprint density at radius 3 is 2.16 bits per heavy atom. The van der Waals surface area contributed by atoms with Gasteiger partial charge in [0.1, 0.15) is 11.6 Å². The third kappa shape index (κ3) is 12.0. The first kappa shape index (κ1) is 38.6. The molecule has 0 aliphatic rings. The van der Waals surface area contributed by atoms with E-state index in [2.05, 4.69) is 15.6 Å². The first-order valence-corrected chi connectivity index (χ1v) is 16.5. The monoisotopic (exact) mass is 670 g/mol. The molecule has 0 radical (unpaired) electrons. The Morgan fingerprint density at radius 1 is 0.898 bits per heavy atom. The second kappa shape index (κ2) is 17.5. The van der Waals surface area contributed by atoms with Crippen molar-refractivity contribution in [2.75, 3.05) is 13.2 Å². The van der Waals surface area contributed by atoms with Gasteiger partial charge in [0.15, 0.2) is 11.8 Å². The standard InChI is InChI=1S/C21H32N2O4.C18H18N2O2/c1-15(24)17(14-27-13-16-10-8-7-9-11-16)22-19(26)21(5,6)23-18(25)12-20(2,3)4;1-3-22-18(21)17(20-11-13(2)19-12-20)16-10-6-8-14-7-4-5-9-15(14)16/h7-11,17H,12-14H2,1-6H3,(H,22,26)(H,23,25);4-12,17H,3H2,1-2H3. The molecule has 10 nitrogen and oxygen atoms in total. The summed E-state index contributed by atoms with van der Waals surface area (Å²) in [6.45, 7) is 15.0. The fourth-order valence-electron chi connectivity index (χ4n) is 5.10. The Kier molecular flexibility index (Phi) is 13.8. The molecule has 2 amide bonds. The van der Waals surface area contributed by atoms with Crippen molar-refractivity contribution in [3.63, 3.8) is 0 Å². The van der Waals surface area contributed by atoms with Crippen molar-refractivity contribution in [3.8, 4) is 0 Å². The molecule has 4 rings (SSSR count). The number of nitrogens with one attached hydrogen (secondary N) is 2. The van der Waals surface area contributed by atoms with Crippen LogP contribution in [0.2, 0.25) is 0 Å². The highest BCUT2D eigenvalue weighted by Crippen LogP contribution is 2.28. The van der Waals surface area contributed by atoms with Crippen molar-refractivity contribution in [2.24, 2.45) is 5.41 Å². The lowest BCUT2D eigenvalue weighted by molar-refractivity contribution is -0.145. The molecule has 10 heteroatoms. The lowest BCUT2D eigenvalue weighted by Crippen LogP contribution is -2.58. The number of rotatable bonds is 13. The molecule has 0 bridgehead atoms. The predicted octanol–water partition coefficient (Wildman–Crippen LogP) is 6.11. The van der Waals surface area contributed by atoms with Crippen molar-refractivity contribution in [1.29, 1.82) is 0 Å². The first-order valence-electron chi connectivity index (χ1n) is 16.5. The molecule has 262 valence electrons. The number of nitrogens with zero attached hydrogens (tertiary/aromatic N) is 2. The summed E-state index contributed by atoms with van der Waals surface area (Å²) in [5, 5.41) is 7.57. The van der Waals surface area contributed by atoms with E-state index in [1.807, 2.05) is 118 Å². The van der Waals surface area contributed by atoms with Crippen molar-refractivity contribution < 1.29 is 28.7 Å². The number of carbonyl (C=O) groups excluding carboxylic acids is 4. The van der Waals surface area contributed by atoms with Gasteiger partial charge in [-0.15, -0.1) is 0 Å². The van der Waals surface area contributed by atoms with Crippen LogP contribution in [0.25, 0.3) is 10.8 Å². The summed E-state index contributed by atoms with van der Waals surface area (Å²) >= 11 is 0. The molecule has 4 aromatic rings. The third-order valence-corrected chi connectivity index (χ3v) is 7.56. The number of imidazole rings is 1. The van der Waals surface area contributed by atoms with E-state index in [9.17, 15) is 19.2 Å². The zero-order valence-corrected chi connectivity index (χ0v) is 29.9. The van der Waals surface area contributed by atoms with Gasteiger partial charge < -0.3 is 24.7 Å². The summed E-state index contributed by atoms with van der Waals surface area (Å²) in [6.07, 6.45) is 3.85. The molecule has 2 atom stereocenters. The lowest BCUT2D eigenvalue weighted by Gasteiger charge is -2.29. The molecule has 2 unspecified atom stereocenters. The highest BCUT2D eigenvalue weighted by Gasteiger charge is 2.33. The third-order valence-electron chi connectivity index (χ3n) is 7.56. The molecule has 1 heterocycles. The van der Waals surface area contributed by atoms with Crippen LogP contribution in [0.15, 0.2) is 85.3 Å². The number of ketones is 1. The molecule has 0 aliphatic carbocycles. The number of hydrogen-bond donors (Lipinski definition) is 2. The van der Waals surface area contributed by atoms with Crippen molar-refractivity contribution in [3.05, 3.63) is 102 Å². The summed E-state index contributed by atoms with van der Waals surface area (Å²) in [7, 11) is 0. The number of aryl methyl sites for hydroxylation is 1. The fraction of sp³-hybridized carbons (Fsp3) is 0.410. The topological polar surface area (TPSA) is 129 Å². The second-order valence-electron chi connectivity index (χ2n) is 13.7. The van der Waals surface area contributed by atoms with E-state index in [0.717, 1.165) is 27.6 Å². The van der Waals surface area contributed by atoms with Crippen LogP contribution < -0.4 is 10.6 Å². The summed E-state index contributed by atoms with van der Waals surface area (Å²) in [5.41, 5.74) is 1.48. The molecule has 0 saturated heterocycles. The zero-order valence-electron chi connectivity index (χ0n) is 29.9. The van der Waals surface area contributed by atoms with Crippen molar-refractivity contribution >= 4 is 34.3 Å². The van der Waals surface area contributed by atoms with E-state index in [4.69, 9.17) is 9.47 Å². The van der Waals surface area contributed by atoms with Gasteiger partial charge in [-0.3, -0.25) is 14.4 Å². The molecular formula is C39H50N4O6. The van der Waals surface area contributed by atoms with Gasteiger partial charge in [0.25, 0.3) is 0 Å². The van der Waals surface area contributed by atoms with Crippen LogP contribution >= 0.6 is 0 Å². The molecule has 0 saturated carbocycles. The number of esters is 1. The Balaban J connectivity index is 0.000000270. The number of ether oxygens (including phenoxy) is 2. The highest BCUT2D eigenvalue weighted by atomic mass is 16.5. The summed E-state index contributed by atoms with van der Waals surface area (Å²) in [6, 6.07) is 22.3. The van der Waals surface area contributed by atoms with E-state index in [1.54, 1.807) is 20.2 Å². The van der Waals surface area contributed by atoms with Gasteiger partial charge >= 0.3 is 5.97 Å². The average Bonchev–Trinajstić information content (AvgIpc) is 3.45. The molecule has 0 fully saturated rings. The maximum atomic E-state index is 12.6. The van der Waals surface area contributed by atoms with Crippen LogP contribution in [0.1, 0.15) is 77.7 Å². The van der Waals surface area contributed by atoms with E-state index < -0.39 is 23.5 Å². The van der Waals surface area contributed by atoms with Gasteiger partial charge in [-0.05, 0) is 61.9 Å². The second-order valence-corrected chi connectivity index (χ2v) is 13.7. The van der Waals surface area contributed by atoms with Gasteiger partial charge in [-0.1, -0.05) is 93.6 Å². The zero-order chi connectivity index (χ0) is 36.2. The molecule has 2 N–H and O–H groups in total. The summed E-state index contributed by atoms with van der Waals surface area (Å²) in [5.74, 6) is -1.10. The molecule has 3 aromatic carbocycles. The SMILES string of the molecule is CC(=O)C(COCc1ccccc1)NC(=O)C(C)(C)NC(=O)CC(C)(C)C.CCOC(=O)C(c1cccc2ccccc12)n1cnc(C)c1. The number of carbonyl (C=O) groups is 4. The maximum absolute atomic E-state index is 12.6. The van der Waals surface area contributed by atoms with E-state index in [-0.39, 0.29) is 29.7 Å². The van der Waals surface area contributed by atoms with Gasteiger partial charge in [-0.25, -0.2) is 9.78 Å². The normalized spacial score (nSPS) is 12.7. The minimum Gasteiger partial charge on any atom is -0.464 e. The minimum absolute atomic E-state index is 0.0714. The summed E-state index contributed by atoms with van der Waals surface area (Å²) < 4.78 is 12.7. The molecule has 0 spiro atoms. The Labute approximate surface area is 289 Å². The van der Waals surface area contributed by atoms with Crippen LogP contribution in [0.5, 0.6) is 0 Å². The number of aromatic nitrogens is 2. The molecular weight excluding hydrogens is 620 g/mol. The number of Topliss-reactive ketones (excluding diaryl/α,β-unsaturated/α-hetero) is 1. The Hall–Kier alpha value is -4.83.